The molecule has 43 heavy (non-hydrogen) atoms. The lowest BCUT2D eigenvalue weighted by atomic mass is 10.0. The first-order chi connectivity index (χ1) is 21.0. The van der Waals surface area contributed by atoms with Crippen LogP contribution in [0.2, 0.25) is 5.02 Å². The topological polar surface area (TPSA) is 107 Å². The number of fused-ring (bicyclic) bond motifs is 1. The number of hydrogen-bond acceptors (Lipinski definition) is 8. The summed E-state index contributed by atoms with van der Waals surface area (Å²) in [5.41, 5.74) is 5.03. The molecule has 0 aliphatic carbocycles. The molecule has 5 aromatic rings. The molecule has 0 saturated carbocycles. The van der Waals surface area contributed by atoms with Crippen LogP contribution in [0, 0.1) is 12.7 Å². The molecule has 1 atom stereocenters. The van der Waals surface area contributed by atoms with E-state index < -0.39 is 5.82 Å². The van der Waals surface area contributed by atoms with Crippen LogP contribution in [0.25, 0.3) is 28.1 Å². The Hall–Kier alpha value is -4.19. The molecule has 0 bridgehead atoms. The highest BCUT2D eigenvalue weighted by molar-refractivity contribution is 6.30. The summed E-state index contributed by atoms with van der Waals surface area (Å²) in [6.07, 6.45) is 7.80. The first-order valence-electron chi connectivity index (χ1n) is 14.3. The molecule has 4 aromatic heterocycles. The molecule has 1 fully saturated rings. The Balaban J connectivity index is 1.09. The highest BCUT2D eigenvalue weighted by Gasteiger charge is 2.24. The van der Waals surface area contributed by atoms with Gasteiger partial charge in [-0.2, -0.15) is 5.10 Å². The van der Waals surface area contributed by atoms with E-state index in [0.29, 0.717) is 34.5 Å². The fourth-order valence-corrected chi connectivity index (χ4v) is 5.60. The summed E-state index contributed by atoms with van der Waals surface area (Å²) in [5.74, 6) is 2.37. The molecule has 12 heteroatoms. The van der Waals surface area contributed by atoms with Crippen LogP contribution in [-0.4, -0.2) is 65.4 Å². The normalized spacial score (nSPS) is 17.2. The van der Waals surface area contributed by atoms with E-state index in [1.165, 1.54) is 6.07 Å². The van der Waals surface area contributed by atoms with Crippen molar-refractivity contribution in [1.29, 1.82) is 0 Å². The molecule has 1 N–H and O–H groups in total. The quantitative estimate of drug-likeness (QED) is 0.241. The van der Waals surface area contributed by atoms with Gasteiger partial charge in [0.05, 0.1) is 36.4 Å². The van der Waals surface area contributed by atoms with Gasteiger partial charge in [0.15, 0.2) is 5.82 Å². The molecule has 2 aliphatic rings. The van der Waals surface area contributed by atoms with E-state index in [0.717, 1.165) is 72.9 Å². The molecule has 10 nitrogen and oxygen atoms in total. The van der Waals surface area contributed by atoms with Gasteiger partial charge >= 0.3 is 0 Å². The van der Waals surface area contributed by atoms with Gasteiger partial charge < -0.3 is 14.0 Å². The van der Waals surface area contributed by atoms with Gasteiger partial charge in [-0.25, -0.2) is 19.3 Å². The number of halogens is 2. The summed E-state index contributed by atoms with van der Waals surface area (Å²) in [6, 6.07) is 10.4. The minimum Gasteiger partial charge on any atom is -0.472 e. The number of aryl methyl sites for hydroxylation is 1. The van der Waals surface area contributed by atoms with Gasteiger partial charge in [0.1, 0.15) is 29.8 Å². The molecule has 0 spiro atoms. The fraction of sp³-hybridized carbons (Fsp3) is 0.323. The lowest BCUT2D eigenvalue weighted by molar-refractivity contribution is -0.0591. The van der Waals surface area contributed by atoms with Crippen LogP contribution in [0.5, 0.6) is 5.88 Å². The van der Waals surface area contributed by atoms with Crippen molar-refractivity contribution >= 4 is 28.2 Å². The molecule has 1 saturated heterocycles. The molecule has 0 amide bonds. The summed E-state index contributed by atoms with van der Waals surface area (Å²) in [5, 5.41) is 7.49. The van der Waals surface area contributed by atoms with E-state index in [1.807, 2.05) is 31.3 Å². The Kier molecular flexibility index (Phi) is 7.60. The monoisotopic (exact) mass is 600 g/mol. The number of benzene rings is 1. The van der Waals surface area contributed by atoms with Crippen molar-refractivity contribution < 1.29 is 13.9 Å². The highest BCUT2D eigenvalue weighted by atomic mass is 35.5. The molecule has 6 heterocycles. The van der Waals surface area contributed by atoms with Crippen LogP contribution in [0.1, 0.15) is 35.6 Å². The zero-order valence-electron chi connectivity index (χ0n) is 23.6. The van der Waals surface area contributed by atoms with E-state index in [4.69, 9.17) is 26.1 Å². The molecule has 1 unspecified atom stereocenters. The average molecular weight is 601 g/mol. The lowest BCUT2D eigenvalue weighted by Gasteiger charge is -2.29. The molecular weight excluding hydrogens is 571 g/mol. The van der Waals surface area contributed by atoms with Crippen molar-refractivity contribution in [3.8, 4) is 17.4 Å². The summed E-state index contributed by atoms with van der Waals surface area (Å²) in [4.78, 5) is 20.9. The Labute approximate surface area is 252 Å². The van der Waals surface area contributed by atoms with Gasteiger partial charge in [0.2, 0.25) is 5.88 Å². The Morgan fingerprint density at radius 1 is 1.19 bits per heavy atom. The number of H-pyrrole nitrogens is 1. The predicted molar refractivity (Wildman–Crippen MR) is 160 cm³/mol. The van der Waals surface area contributed by atoms with Crippen molar-refractivity contribution in [1.82, 2.24) is 39.6 Å². The minimum atomic E-state index is -0.396. The number of pyridine rings is 2. The maximum atomic E-state index is 14.3. The SMILES string of the molecule is Cc1nc(-c2cc3nc(CN4CC=C(c5cccnc5OCc5ccc(Cl)cc5F)CC4)n(CC4CCO4)c3cn2)n[nH]1. The fourth-order valence-electron chi connectivity index (χ4n) is 5.44. The maximum Gasteiger partial charge on any atom is 0.221 e. The molecular formula is C31H30ClFN8O2. The molecule has 220 valence electrons. The largest absolute Gasteiger partial charge is 0.472 e. The van der Waals surface area contributed by atoms with Crippen molar-refractivity contribution in [2.75, 3.05) is 19.7 Å². The zero-order chi connectivity index (χ0) is 29.3. The number of hydrogen-bond donors (Lipinski definition) is 1. The average Bonchev–Trinajstić information content (AvgIpc) is 3.57. The minimum absolute atomic E-state index is 0.0692. The van der Waals surface area contributed by atoms with E-state index >= 15 is 0 Å². The van der Waals surface area contributed by atoms with Gasteiger partial charge in [0.25, 0.3) is 0 Å². The summed E-state index contributed by atoms with van der Waals surface area (Å²) in [7, 11) is 0. The third-order valence-electron chi connectivity index (χ3n) is 7.87. The van der Waals surface area contributed by atoms with Gasteiger partial charge in [-0.3, -0.25) is 15.0 Å². The second kappa shape index (κ2) is 11.8. The maximum absolute atomic E-state index is 14.3. The number of aromatic nitrogens is 7. The molecule has 0 radical (unpaired) electrons. The van der Waals surface area contributed by atoms with E-state index in [1.54, 1.807) is 18.3 Å². The second-order valence-electron chi connectivity index (χ2n) is 10.8. The van der Waals surface area contributed by atoms with E-state index in [-0.39, 0.29) is 12.7 Å². The van der Waals surface area contributed by atoms with Crippen LogP contribution < -0.4 is 4.74 Å². The van der Waals surface area contributed by atoms with Gasteiger partial charge in [-0.15, -0.1) is 0 Å². The third kappa shape index (κ3) is 5.88. The number of rotatable bonds is 9. The Bertz CT molecular complexity index is 1810. The van der Waals surface area contributed by atoms with Crippen molar-refractivity contribution in [2.24, 2.45) is 0 Å². The van der Waals surface area contributed by atoms with Crippen LogP contribution in [-0.2, 0) is 24.4 Å². The number of aromatic amines is 1. The smallest absolute Gasteiger partial charge is 0.221 e. The Morgan fingerprint density at radius 3 is 2.84 bits per heavy atom. The van der Waals surface area contributed by atoms with Crippen molar-refractivity contribution in [2.45, 2.75) is 45.6 Å². The van der Waals surface area contributed by atoms with Crippen molar-refractivity contribution in [3.05, 3.63) is 88.5 Å². The first-order valence-corrected chi connectivity index (χ1v) is 14.7. The van der Waals surface area contributed by atoms with Crippen molar-refractivity contribution in [3.63, 3.8) is 0 Å². The van der Waals surface area contributed by atoms with Crippen LogP contribution >= 0.6 is 11.6 Å². The zero-order valence-corrected chi connectivity index (χ0v) is 24.4. The van der Waals surface area contributed by atoms with Gasteiger partial charge in [-0.05, 0) is 55.7 Å². The van der Waals surface area contributed by atoms with Gasteiger partial charge in [-0.1, -0.05) is 23.7 Å². The highest BCUT2D eigenvalue weighted by Crippen LogP contribution is 2.31. The summed E-state index contributed by atoms with van der Waals surface area (Å²) < 4.78 is 28.3. The molecule has 1 aromatic carbocycles. The van der Waals surface area contributed by atoms with E-state index in [2.05, 4.69) is 40.7 Å². The summed E-state index contributed by atoms with van der Waals surface area (Å²) in [6.45, 7) is 5.75. The number of imidazole rings is 1. The summed E-state index contributed by atoms with van der Waals surface area (Å²) >= 11 is 5.89. The second-order valence-corrected chi connectivity index (χ2v) is 11.3. The first kappa shape index (κ1) is 27.6. The predicted octanol–water partition coefficient (Wildman–Crippen LogP) is 5.37. The third-order valence-corrected chi connectivity index (χ3v) is 8.11. The lowest BCUT2D eigenvalue weighted by Crippen LogP contribution is -2.33. The standard InChI is InChI=1S/C31H30ClFN8O2/c1-19-36-30(39-38-19)27-14-26-28(15-35-27)41(16-23-8-12-42-23)29(37-26)17-40-10-6-20(7-11-40)24-3-2-9-34-31(24)43-18-21-4-5-22(32)13-25(21)33/h2-6,9,13-15,23H,7-8,10-12,16-18H2,1H3,(H,36,38,39). The van der Waals surface area contributed by atoms with Crippen LogP contribution in [0.15, 0.2) is 54.9 Å². The number of ether oxygens (including phenoxy) is 2. The van der Waals surface area contributed by atoms with E-state index in [9.17, 15) is 4.39 Å². The van der Waals surface area contributed by atoms with Crippen LogP contribution in [0.3, 0.4) is 0 Å². The van der Waals surface area contributed by atoms with Gasteiger partial charge in [0, 0.05) is 42.0 Å². The van der Waals surface area contributed by atoms with Crippen LogP contribution in [0.4, 0.5) is 4.39 Å². The number of nitrogens with zero attached hydrogens (tertiary/aromatic N) is 7. The molecule has 2 aliphatic heterocycles. The number of nitrogens with one attached hydrogen (secondary N) is 1. The molecule has 7 rings (SSSR count). The Morgan fingerprint density at radius 2 is 2.09 bits per heavy atom.